The number of anilines is 1. The molecule has 0 fully saturated rings. The fraction of sp³-hybridized carbons (Fsp3) is 0.364. The molecule has 0 radical (unpaired) electrons. The minimum atomic E-state index is -3.60. The number of hydrogen-bond donors (Lipinski definition) is 2. The van der Waals surface area contributed by atoms with Gasteiger partial charge in [-0.3, -0.25) is 4.72 Å². The molecule has 0 aliphatic rings. The van der Waals surface area contributed by atoms with Crippen LogP contribution in [0.1, 0.15) is 24.2 Å². The standard InChI is InChI=1S/C11H15BrN2O4S/c1-3-13-19(16,17)14-10-6-5-8(7-9(10)12)11(15)18-4-2/h5-7,13-14H,3-4H2,1-2H3. The summed E-state index contributed by atoms with van der Waals surface area (Å²) in [4.78, 5) is 11.5. The molecular formula is C11H15BrN2O4S. The Morgan fingerprint density at radius 2 is 2.05 bits per heavy atom. The van der Waals surface area contributed by atoms with Crippen LogP contribution in [0.2, 0.25) is 0 Å². The second-order valence-electron chi connectivity index (χ2n) is 3.52. The van der Waals surface area contributed by atoms with Crippen LogP contribution in [0.5, 0.6) is 0 Å². The van der Waals surface area contributed by atoms with E-state index >= 15 is 0 Å². The van der Waals surface area contributed by atoms with Gasteiger partial charge in [0.1, 0.15) is 0 Å². The maximum atomic E-state index is 11.5. The Balaban J connectivity index is 2.92. The molecule has 1 aromatic rings. The molecule has 0 heterocycles. The highest BCUT2D eigenvalue weighted by Crippen LogP contribution is 2.24. The van der Waals surface area contributed by atoms with Crippen molar-refractivity contribution in [1.29, 1.82) is 0 Å². The Kier molecular flexibility index (Phi) is 5.77. The van der Waals surface area contributed by atoms with Gasteiger partial charge < -0.3 is 4.74 Å². The molecule has 1 aromatic carbocycles. The fourth-order valence-electron chi connectivity index (χ4n) is 1.31. The first-order chi connectivity index (χ1) is 8.89. The van der Waals surface area contributed by atoms with Crippen molar-refractivity contribution in [3.8, 4) is 0 Å². The van der Waals surface area contributed by atoms with Crippen LogP contribution in [0, 0.1) is 0 Å². The van der Waals surface area contributed by atoms with Crippen molar-refractivity contribution in [3.05, 3.63) is 28.2 Å². The van der Waals surface area contributed by atoms with Crippen molar-refractivity contribution >= 4 is 37.8 Å². The normalized spacial score (nSPS) is 11.1. The highest BCUT2D eigenvalue weighted by atomic mass is 79.9. The van der Waals surface area contributed by atoms with Crippen molar-refractivity contribution < 1.29 is 17.9 Å². The van der Waals surface area contributed by atoms with Gasteiger partial charge in [-0.05, 0) is 41.1 Å². The van der Waals surface area contributed by atoms with Crippen LogP contribution in [-0.2, 0) is 14.9 Å². The molecule has 0 unspecified atom stereocenters. The fourth-order valence-corrected chi connectivity index (χ4v) is 2.84. The van der Waals surface area contributed by atoms with Gasteiger partial charge in [-0.15, -0.1) is 0 Å². The number of halogens is 1. The summed E-state index contributed by atoms with van der Waals surface area (Å²) in [7, 11) is -3.60. The minimum absolute atomic E-state index is 0.283. The molecule has 0 amide bonds. The van der Waals surface area contributed by atoms with E-state index in [9.17, 15) is 13.2 Å². The Labute approximate surface area is 120 Å². The number of nitrogens with one attached hydrogen (secondary N) is 2. The summed E-state index contributed by atoms with van der Waals surface area (Å²) in [6.45, 7) is 3.96. The van der Waals surface area contributed by atoms with Crippen LogP contribution < -0.4 is 9.44 Å². The molecule has 0 bridgehead atoms. The molecule has 1 rings (SSSR count). The number of carbonyl (C=O) groups excluding carboxylic acids is 1. The number of benzene rings is 1. The van der Waals surface area contributed by atoms with E-state index in [0.717, 1.165) is 0 Å². The Morgan fingerprint density at radius 3 is 2.58 bits per heavy atom. The lowest BCUT2D eigenvalue weighted by Crippen LogP contribution is -2.29. The number of carbonyl (C=O) groups is 1. The minimum Gasteiger partial charge on any atom is -0.462 e. The monoisotopic (exact) mass is 350 g/mol. The number of esters is 1. The third kappa shape index (κ3) is 4.81. The van der Waals surface area contributed by atoms with Gasteiger partial charge in [-0.1, -0.05) is 6.92 Å². The molecule has 19 heavy (non-hydrogen) atoms. The van der Waals surface area contributed by atoms with E-state index < -0.39 is 16.2 Å². The number of hydrogen-bond acceptors (Lipinski definition) is 4. The summed E-state index contributed by atoms with van der Waals surface area (Å²) < 4.78 is 33.0. The first-order valence-corrected chi connectivity index (χ1v) is 7.91. The van der Waals surface area contributed by atoms with Crippen molar-refractivity contribution in [1.82, 2.24) is 4.72 Å². The quantitative estimate of drug-likeness (QED) is 0.767. The molecule has 0 aliphatic heterocycles. The van der Waals surface area contributed by atoms with Crippen LogP contribution in [0.25, 0.3) is 0 Å². The molecule has 106 valence electrons. The zero-order chi connectivity index (χ0) is 14.5. The van der Waals surface area contributed by atoms with Crippen molar-refractivity contribution in [2.45, 2.75) is 13.8 Å². The van der Waals surface area contributed by atoms with Gasteiger partial charge in [0.15, 0.2) is 0 Å². The Bertz CT molecular complexity index is 560. The average Bonchev–Trinajstić information content (AvgIpc) is 2.31. The summed E-state index contributed by atoms with van der Waals surface area (Å²) in [5.41, 5.74) is 0.689. The predicted molar refractivity (Wildman–Crippen MR) is 76.3 cm³/mol. The largest absolute Gasteiger partial charge is 0.462 e. The second kappa shape index (κ2) is 6.88. The van der Waals surface area contributed by atoms with E-state index in [2.05, 4.69) is 25.4 Å². The number of ether oxygens (including phenoxy) is 1. The summed E-state index contributed by atoms with van der Waals surface area (Å²) in [5.74, 6) is -0.454. The van der Waals surface area contributed by atoms with Crippen LogP contribution in [0.4, 0.5) is 5.69 Å². The average molecular weight is 351 g/mol. The first-order valence-electron chi connectivity index (χ1n) is 5.63. The van der Waals surface area contributed by atoms with Crippen molar-refractivity contribution in [2.24, 2.45) is 0 Å². The van der Waals surface area contributed by atoms with Crippen LogP contribution in [0.3, 0.4) is 0 Å². The van der Waals surface area contributed by atoms with E-state index in [0.29, 0.717) is 15.7 Å². The molecule has 6 nitrogen and oxygen atoms in total. The topological polar surface area (TPSA) is 84.5 Å². The van der Waals surface area contributed by atoms with E-state index in [4.69, 9.17) is 4.74 Å². The van der Waals surface area contributed by atoms with Gasteiger partial charge in [-0.25, -0.2) is 4.79 Å². The van der Waals surface area contributed by atoms with Crippen molar-refractivity contribution in [3.63, 3.8) is 0 Å². The van der Waals surface area contributed by atoms with E-state index in [-0.39, 0.29) is 13.2 Å². The molecule has 0 aliphatic carbocycles. The zero-order valence-electron chi connectivity index (χ0n) is 10.6. The van der Waals surface area contributed by atoms with E-state index in [1.54, 1.807) is 13.8 Å². The molecule has 0 aromatic heterocycles. The van der Waals surface area contributed by atoms with Gasteiger partial charge in [0.25, 0.3) is 10.2 Å². The lowest BCUT2D eigenvalue weighted by Gasteiger charge is -2.10. The molecule has 0 spiro atoms. The van der Waals surface area contributed by atoms with Gasteiger partial charge in [0.2, 0.25) is 0 Å². The maximum Gasteiger partial charge on any atom is 0.338 e. The first kappa shape index (κ1) is 15.9. The molecule has 0 saturated carbocycles. The van der Waals surface area contributed by atoms with E-state index in [1.165, 1.54) is 18.2 Å². The molecule has 0 atom stereocenters. The Hall–Kier alpha value is -1.12. The summed E-state index contributed by atoms with van der Waals surface area (Å²) in [6.07, 6.45) is 0. The van der Waals surface area contributed by atoms with Gasteiger partial charge in [0.05, 0.1) is 17.9 Å². The smallest absolute Gasteiger partial charge is 0.338 e. The summed E-state index contributed by atoms with van der Waals surface area (Å²) >= 11 is 3.21. The zero-order valence-corrected chi connectivity index (χ0v) is 13.0. The number of rotatable bonds is 6. The molecule has 8 heteroatoms. The lowest BCUT2D eigenvalue weighted by molar-refractivity contribution is 0.0526. The highest BCUT2D eigenvalue weighted by molar-refractivity contribution is 9.10. The van der Waals surface area contributed by atoms with Gasteiger partial charge in [-0.2, -0.15) is 13.1 Å². The highest BCUT2D eigenvalue weighted by Gasteiger charge is 2.13. The molecule has 2 N–H and O–H groups in total. The van der Waals surface area contributed by atoms with E-state index in [1.807, 2.05) is 0 Å². The van der Waals surface area contributed by atoms with Crippen LogP contribution in [0.15, 0.2) is 22.7 Å². The van der Waals surface area contributed by atoms with Crippen LogP contribution >= 0.6 is 15.9 Å². The maximum absolute atomic E-state index is 11.5. The Morgan fingerprint density at radius 1 is 1.37 bits per heavy atom. The third-order valence-corrected chi connectivity index (χ3v) is 3.87. The van der Waals surface area contributed by atoms with Gasteiger partial charge in [0, 0.05) is 11.0 Å². The summed E-state index contributed by atoms with van der Waals surface area (Å²) in [6, 6.07) is 4.49. The second-order valence-corrected chi connectivity index (χ2v) is 5.87. The van der Waals surface area contributed by atoms with Crippen molar-refractivity contribution in [2.75, 3.05) is 17.9 Å². The predicted octanol–water partition coefficient (Wildman–Crippen LogP) is 1.89. The van der Waals surface area contributed by atoms with Gasteiger partial charge >= 0.3 is 5.97 Å². The molecular weight excluding hydrogens is 336 g/mol. The third-order valence-electron chi connectivity index (χ3n) is 2.06. The SMILES string of the molecule is CCNS(=O)(=O)Nc1ccc(C(=O)OCC)cc1Br. The summed E-state index contributed by atoms with van der Waals surface area (Å²) in [5, 5.41) is 0. The lowest BCUT2D eigenvalue weighted by atomic mass is 10.2. The molecule has 0 saturated heterocycles. The van der Waals surface area contributed by atoms with Crippen LogP contribution in [-0.4, -0.2) is 27.5 Å².